The smallest absolute Gasteiger partial charge is 0.417 e. The van der Waals surface area contributed by atoms with Gasteiger partial charge < -0.3 is 9.15 Å². The minimum atomic E-state index is -3.89. The number of benzene rings is 2. The molecule has 0 fully saturated rings. The van der Waals surface area contributed by atoms with Crippen molar-refractivity contribution in [3.63, 3.8) is 0 Å². The number of nitrogens with zero attached hydrogens (tertiary/aromatic N) is 4. The van der Waals surface area contributed by atoms with E-state index in [1.54, 1.807) is 35.0 Å². The van der Waals surface area contributed by atoms with Gasteiger partial charge in [0.1, 0.15) is 12.1 Å². The summed E-state index contributed by atoms with van der Waals surface area (Å²) in [5.74, 6) is 0.693. The van der Waals surface area contributed by atoms with Gasteiger partial charge in [0.25, 0.3) is 10.0 Å². The molecule has 0 saturated carbocycles. The molecule has 12 heteroatoms. The highest BCUT2D eigenvalue weighted by Crippen LogP contribution is 2.25. The Balaban J connectivity index is 1.32. The predicted octanol–water partition coefficient (Wildman–Crippen LogP) is 3.62. The van der Waals surface area contributed by atoms with E-state index in [-0.39, 0.29) is 10.5 Å². The van der Waals surface area contributed by atoms with Gasteiger partial charge in [0.15, 0.2) is 11.4 Å². The van der Waals surface area contributed by atoms with Gasteiger partial charge in [-0.1, -0.05) is 0 Å². The molecule has 178 valence electrons. The van der Waals surface area contributed by atoms with Crippen LogP contribution in [0, 0.1) is 20.8 Å². The number of aromatic nitrogens is 5. The largest absolute Gasteiger partial charge is 0.439 e. The van der Waals surface area contributed by atoms with Crippen LogP contribution in [0.4, 0.5) is 5.69 Å². The molecule has 0 aliphatic heterocycles. The number of rotatable bonds is 6. The lowest BCUT2D eigenvalue weighted by atomic mass is 10.2. The number of hydrogen-bond acceptors (Lipinski definition) is 8. The normalized spacial score (nSPS) is 11.6. The summed E-state index contributed by atoms with van der Waals surface area (Å²) < 4.78 is 40.5. The molecule has 0 atom stereocenters. The Labute approximate surface area is 199 Å². The minimum absolute atomic E-state index is 0.0183. The summed E-state index contributed by atoms with van der Waals surface area (Å²) >= 11 is 0. The summed E-state index contributed by atoms with van der Waals surface area (Å²) in [7, 11) is -3.89. The molecule has 0 amide bonds. The lowest BCUT2D eigenvalue weighted by molar-refractivity contribution is 0.460. The van der Waals surface area contributed by atoms with E-state index in [1.807, 2.05) is 20.8 Å². The van der Waals surface area contributed by atoms with E-state index < -0.39 is 15.8 Å². The Bertz CT molecular complexity index is 1720. The number of anilines is 1. The van der Waals surface area contributed by atoms with Gasteiger partial charge in [0.2, 0.25) is 5.88 Å². The molecule has 11 nitrogen and oxygen atoms in total. The van der Waals surface area contributed by atoms with Gasteiger partial charge in [-0.2, -0.15) is 5.10 Å². The summed E-state index contributed by atoms with van der Waals surface area (Å²) in [5, 5.41) is 4.50. The quantitative estimate of drug-likeness (QED) is 0.366. The van der Waals surface area contributed by atoms with Gasteiger partial charge in [0, 0.05) is 17.4 Å². The van der Waals surface area contributed by atoms with Crippen molar-refractivity contribution in [1.29, 1.82) is 0 Å². The SMILES string of the molecule is Cc1nn(-c2cc(Oc3ccc(NS(=O)(=O)c4ccc5oc(=O)[nH]c5c4)cc3)ncn2)c(C)c1C. The predicted molar refractivity (Wildman–Crippen MR) is 128 cm³/mol. The molecular weight excluding hydrogens is 472 g/mol. The minimum Gasteiger partial charge on any atom is -0.439 e. The lowest BCUT2D eigenvalue weighted by Gasteiger charge is -2.10. The molecule has 0 aliphatic carbocycles. The van der Waals surface area contributed by atoms with Crippen LogP contribution in [0.5, 0.6) is 11.6 Å². The lowest BCUT2D eigenvalue weighted by Crippen LogP contribution is -2.12. The molecule has 0 aliphatic rings. The zero-order valence-electron chi connectivity index (χ0n) is 18.9. The maximum absolute atomic E-state index is 12.8. The third-order valence-electron chi connectivity index (χ3n) is 5.53. The maximum Gasteiger partial charge on any atom is 0.417 e. The number of aryl methyl sites for hydroxylation is 1. The number of hydrogen-bond donors (Lipinski definition) is 2. The van der Waals surface area contributed by atoms with E-state index in [4.69, 9.17) is 9.15 Å². The second-order valence-electron chi connectivity index (χ2n) is 7.83. The van der Waals surface area contributed by atoms with Gasteiger partial charge in [-0.05, 0) is 68.8 Å². The van der Waals surface area contributed by atoms with Crippen molar-refractivity contribution in [2.45, 2.75) is 25.7 Å². The Morgan fingerprint density at radius 1 is 1.03 bits per heavy atom. The van der Waals surface area contributed by atoms with Crippen molar-refractivity contribution in [1.82, 2.24) is 24.7 Å². The molecule has 0 saturated heterocycles. The number of sulfonamides is 1. The molecular formula is C23H20N6O5S. The van der Waals surface area contributed by atoms with Crippen LogP contribution >= 0.6 is 0 Å². The van der Waals surface area contributed by atoms with E-state index >= 15 is 0 Å². The fourth-order valence-electron chi connectivity index (χ4n) is 3.47. The fourth-order valence-corrected chi connectivity index (χ4v) is 4.55. The van der Waals surface area contributed by atoms with Crippen LogP contribution in [0.2, 0.25) is 0 Å². The molecule has 3 heterocycles. The topological polar surface area (TPSA) is 145 Å². The summed E-state index contributed by atoms with van der Waals surface area (Å²) in [6.45, 7) is 5.90. The first-order valence-corrected chi connectivity index (χ1v) is 12.0. The molecule has 35 heavy (non-hydrogen) atoms. The average molecular weight is 493 g/mol. The Hall–Kier alpha value is -4.45. The van der Waals surface area contributed by atoms with Crippen LogP contribution in [0.25, 0.3) is 16.9 Å². The van der Waals surface area contributed by atoms with Crippen LogP contribution in [0.3, 0.4) is 0 Å². The van der Waals surface area contributed by atoms with Crippen molar-refractivity contribution >= 4 is 26.8 Å². The van der Waals surface area contributed by atoms with Crippen LogP contribution in [-0.2, 0) is 10.0 Å². The van der Waals surface area contributed by atoms with Crippen LogP contribution in [0.1, 0.15) is 17.0 Å². The Kier molecular flexibility index (Phi) is 5.36. The summed E-state index contributed by atoms with van der Waals surface area (Å²) in [6, 6.07) is 12.1. The summed E-state index contributed by atoms with van der Waals surface area (Å²) in [5.41, 5.74) is 3.88. The standard InChI is InChI=1S/C23H20N6O5S/c1-13-14(2)27-29(15(13)3)21-11-22(25-12-24-21)33-17-6-4-16(5-7-17)28-35(31,32)18-8-9-20-19(10-18)26-23(30)34-20/h4-12,28H,1-3H3,(H,26,30). The molecule has 3 aromatic heterocycles. The van der Waals surface area contributed by atoms with Crippen LogP contribution in [0.15, 0.2) is 69.0 Å². The van der Waals surface area contributed by atoms with Crippen molar-refractivity contribution < 1.29 is 17.6 Å². The zero-order chi connectivity index (χ0) is 24.7. The van der Waals surface area contributed by atoms with Crippen molar-refractivity contribution in [2.75, 3.05) is 4.72 Å². The molecule has 0 bridgehead atoms. The molecule has 5 aromatic rings. The van der Waals surface area contributed by atoms with Gasteiger partial charge >= 0.3 is 5.76 Å². The second-order valence-corrected chi connectivity index (χ2v) is 9.51. The average Bonchev–Trinajstić information content (AvgIpc) is 3.33. The third kappa shape index (κ3) is 4.38. The van der Waals surface area contributed by atoms with Gasteiger partial charge in [0.05, 0.1) is 16.1 Å². The van der Waals surface area contributed by atoms with E-state index in [2.05, 4.69) is 24.8 Å². The highest BCUT2D eigenvalue weighted by atomic mass is 32.2. The van der Waals surface area contributed by atoms with E-state index in [0.29, 0.717) is 28.7 Å². The van der Waals surface area contributed by atoms with E-state index in [1.165, 1.54) is 24.5 Å². The number of fused-ring (bicyclic) bond motifs is 1. The van der Waals surface area contributed by atoms with E-state index in [0.717, 1.165) is 17.0 Å². The van der Waals surface area contributed by atoms with Crippen LogP contribution in [-0.4, -0.2) is 33.2 Å². The monoisotopic (exact) mass is 492 g/mol. The zero-order valence-corrected chi connectivity index (χ0v) is 19.8. The molecule has 2 N–H and O–H groups in total. The van der Waals surface area contributed by atoms with Crippen LogP contribution < -0.4 is 15.2 Å². The second kappa shape index (κ2) is 8.40. The summed E-state index contributed by atoms with van der Waals surface area (Å²) in [6.07, 6.45) is 1.39. The number of ether oxygens (including phenoxy) is 1. The molecule has 0 radical (unpaired) electrons. The van der Waals surface area contributed by atoms with Gasteiger partial charge in [-0.3, -0.25) is 9.71 Å². The first-order chi connectivity index (χ1) is 16.7. The molecule has 5 rings (SSSR count). The highest BCUT2D eigenvalue weighted by Gasteiger charge is 2.16. The molecule has 0 unspecified atom stereocenters. The molecule has 0 spiro atoms. The Morgan fingerprint density at radius 2 is 1.80 bits per heavy atom. The summed E-state index contributed by atoms with van der Waals surface area (Å²) in [4.78, 5) is 22.2. The third-order valence-corrected chi connectivity index (χ3v) is 6.91. The first-order valence-electron chi connectivity index (χ1n) is 10.5. The van der Waals surface area contributed by atoms with Crippen molar-refractivity contribution in [2.24, 2.45) is 0 Å². The highest BCUT2D eigenvalue weighted by molar-refractivity contribution is 7.92. The number of oxazole rings is 1. The van der Waals surface area contributed by atoms with Gasteiger partial charge in [-0.25, -0.2) is 27.9 Å². The van der Waals surface area contributed by atoms with E-state index in [9.17, 15) is 13.2 Å². The molecule has 2 aromatic carbocycles. The van der Waals surface area contributed by atoms with Crippen molar-refractivity contribution in [3.8, 4) is 17.4 Å². The number of aromatic amines is 1. The number of H-pyrrole nitrogens is 1. The van der Waals surface area contributed by atoms with Gasteiger partial charge in [-0.15, -0.1) is 0 Å². The fraction of sp³-hybridized carbons (Fsp3) is 0.130. The number of nitrogens with one attached hydrogen (secondary N) is 2. The first kappa shape index (κ1) is 22.3. The van der Waals surface area contributed by atoms with Crippen molar-refractivity contribution in [3.05, 3.63) is 82.4 Å². The Morgan fingerprint density at radius 3 is 2.51 bits per heavy atom. The maximum atomic E-state index is 12.8.